The number of aliphatic hydroxyl groups excluding tert-OH is 1. The number of hydrogen-bond acceptors (Lipinski definition) is 8. The van der Waals surface area contributed by atoms with Crippen molar-refractivity contribution in [3.05, 3.63) is 43.0 Å². The summed E-state index contributed by atoms with van der Waals surface area (Å²) in [6, 6.07) is 9.35. The molecule has 1 saturated heterocycles. The fourth-order valence-corrected chi connectivity index (χ4v) is 4.88. The first-order valence-electron chi connectivity index (χ1n) is 12.3. The van der Waals surface area contributed by atoms with E-state index in [2.05, 4.69) is 25.6 Å². The van der Waals surface area contributed by atoms with E-state index in [9.17, 15) is 9.90 Å². The molecule has 186 valence electrons. The zero-order valence-corrected chi connectivity index (χ0v) is 19.8. The molecule has 0 spiro atoms. The number of rotatable bonds is 9. The lowest BCUT2D eigenvalue weighted by Gasteiger charge is -2.20. The summed E-state index contributed by atoms with van der Waals surface area (Å²) >= 11 is 0. The Bertz CT molecular complexity index is 1130. The summed E-state index contributed by atoms with van der Waals surface area (Å²) in [5.41, 5.74) is 1.23. The van der Waals surface area contributed by atoms with Crippen LogP contribution in [0.4, 0.5) is 5.82 Å². The van der Waals surface area contributed by atoms with Crippen LogP contribution in [0.3, 0.4) is 0 Å². The summed E-state index contributed by atoms with van der Waals surface area (Å²) in [7, 11) is 0. The van der Waals surface area contributed by atoms with Crippen molar-refractivity contribution in [1.82, 2.24) is 24.8 Å². The number of nitrogens with zero attached hydrogens (tertiary/aromatic N) is 4. The Morgan fingerprint density at radius 1 is 1.20 bits per heavy atom. The van der Waals surface area contributed by atoms with Crippen LogP contribution in [0, 0.1) is 0 Å². The Hall–Kier alpha value is -3.24. The number of aromatic nitrogens is 4. The second-order valence-corrected chi connectivity index (χ2v) is 9.25. The molecule has 2 aromatic heterocycles. The molecule has 3 aromatic rings. The van der Waals surface area contributed by atoms with E-state index in [4.69, 9.17) is 9.47 Å². The van der Waals surface area contributed by atoms with Crippen LogP contribution in [-0.4, -0.2) is 61.4 Å². The number of aliphatic hydroxyl groups is 1. The van der Waals surface area contributed by atoms with Gasteiger partial charge in [0.1, 0.15) is 18.2 Å². The van der Waals surface area contributed by atoms with Crippen LogP contribution in [-0.2, 0) is 9.53 Å². The molecule has 10 nitrogen and oxygen atoms in total. The number of fused-ring (bicyclic) bond motifs is 1. The van der Waals surface area contributed by atoms with Crippen LogP contribution in [0.1, 0.15) is 51.7 Å². The van der Waals surface area contributed by atoms with Gasteiger partial charge in [-0.05, 0) is 38.3 Å². The molecule has 35 heavy (non-hydrogen) atoms. The second-order valence-electron chi connectivity index (χ2n) is 9.25. The molecule has 0 radical (unpaired) electrons. The lowest BCUT2D eigenvalue weighted by Crippen LogP contribution is -2.46. The molecule has 4 atom stereocenters. The largest absolute Gasteiger partial charge is 0.494 e. The van der Waals surface area contributed by atoms with Gasteiger partial charge in [0, 0.05) is 12.5 Å². The maximum absolute atomic E-state index is 12.5. The Kier molecular flexibility index (Phi) is 7.10. The monoisotopic (exact) mass is 480 g/mol. The van der Waals surface area contributed by atoms with Gasteiger partial charge in [0.15, 0.2) is 23.2 Å². The lowest BCUT2D eigenvalue weighted by molar-refractivity contribution is -0.122. The molecular weight excluding hydrogens is 448 g/mol. The third kappa shape index (κ3) is 5.23. The Balaban J connectivity index is 1.19. The smallest absolute Gasteiger partial charge is 0.220 e. The molecule has 1 aliphatic heterocycles. The van der Waals surface area contributed by atoms with Crippen molar-refractivity contribution in [2.75, 3.05) is 11.9 Å². The molecule has 1 aliphatic carbocycles. The molecule has 10 heteroatoms. The SMILES string of the molecule is C[C@H]1O[C@@H](n2cnc3c(NC4CCCC4)ncnc32)[C@H](O)[C@H]1NC(=O)CCCOc1ccccc1. The summed E-state index contributed by atoms with van der Waals surface area (Å²) in [4.78, 5) is 25.8. The number of ether oxygens (including phenoxy) is 2. The highest BCUT2D eigenvalue weighted by Gasteiger charge is 2.43. The molecule has 0 unspecified atom stereocenters. The minimum absolute atomic E-state index is 0.150. The first-order valence-corrected chi connectivity index (χ1v) is 12.3. The molecule has 5 rings (SSSR count). The highest BCUT2D eigenvalue weighted by atomic mass is 16.5. The minimum Gasteiger partial charge on any atom is -0.494 e. The topological polar surface area (TPSA) is 123 Å². The third-order valence-corrected chi connectivity index (χ3v) is 6.74. The summed E-state index contributed by atoms with van der Waals surface area (Å²) in [5, 5.41) is 17.5. The van der Waals surface area contributed by atoms with Gasteiger partial charge in [-0.2, -0.15) is 0 Å². The number of anilines is 1. The zero-order valence-electron chi connectivity index (χ0n) is 19.8. The summed E-state index contributed by atoms with van der Waals surface area (Å²) in [6.07, 6.45) is 6.61. The number of carbonyl (C=O) groups is 1. The number of nitrogens with one attached hydrogen (secondary N) is 2. The first kappa shape index (κ1) is 23.5. The van der Waals surface area contributed by atoms with E-state index in [0.717, 1.165) is 18.6 Å². The highest BCUT2D eigenvalue weighted by Crippen LogP contribution is 2.33. The van der Waals surface area contributed by atoms with E-state index in [-0.39, 0.29) is 12.0 Å². The van der Waals surface area contributed by atoms with Gasteiger partial charge in [0.25, 0.3) is 0 Å². The number of imidazole rings is 1. The Morgan fingerprint density at radius 3 is 2.80 bits per heavy atom. The lowest BCUT2D eigenvalue weighted by atomic mass is 10.1. The van der Waals surface area contributed by atoms with Crippen LogP contribution >= 0.6 is 0 Å². The van der Waals surface area contributed by atoms with Gasteiger partial charge >= 0.3 is 0 Å². The molecule has 1 aromatic carbocycles. The number of hydrogen-bond donors (Lipinski definition) is 3. The first-order chi connectivity index (χ1) is 17.1. The van der Waals surface area contributed by atoms with Gasteiger partial charge in [-0.25, -0.2) is 15.0 Å². The van der Waals surface area contributed by atoms with E-state index in [1.807, 2.05) is 37.3 Å². The van der Waals surface area contributed by atoms with Gasteiger partial charge in [-0.1, -0.05) is 31.0 Å². The van der Waals surface area contributed by atoms with Crippen molar-refractivity contribution in [2.45, 2.75) is 76.0 Å². The van der Waals surface area contributed by atoms with Crippen molar-refractivity contribution < 1.29 is 19.4 Å². The fraction of sp³-hybridized carbons (Fsp3) is 0.520. The maximum atomic E-state index is 12.5. The summed E-state index contributed by atoms with van der Waals surface area (Å²) in [6.45, 7) is 2.28. The normalized spacial score (nSPS) is 24.6. The average Bonchev–Trinajstić information content (AvgIpc) is 3.59. The molecule has 2 fully saturated rings. The van der Waals surface area contributed by atoms with E-state index in [0.29, 0.717) is 42.5 Å². The van der Waals surface area contributed by atoms with Crippen molar-refractivity contribution in [3.8, 4) is 5.75 Å². The van der Waals surface area contributed by atoms with Gasteiger partial charge in [0.2, 0.25) is 5.91 Å². The van der Waals surface area contributed by atoms with E-state index >= 15 is 0 Å². The quantitative estimate of drug-likeness (QED) is 0.400. The standard InChI is InChI=1S/C25H32N6O4/c1-16-20(30-19(32)12-7-13-34-18-10-3-2-4-11-18)22(33)25(35-16)31-15-28-21-23(26-14-27-24(21)31)29-17-8-5-6-9-17/h2-4,10-11,14-17,20,22,25,33H,5-9,12-13H2,1H3,(H,30,32)(H,26,27,29)/t16-,20+,22-,25-/m1/s1. The third-order valence-electron chi connectivity index (χ3n) is 6.74. The number of benzene rings is 1. The van der Waals surface area contributed by atoms with Crippen molar-refractivity contribution >= 4 is 22.9 Å². The molecular formula is C25H32N6O4. The average molecular weight is 481 g/mol. The van der Waals surface area contributed by atoms with Crippen LogP contribution in [0.5, 0.6) is 5.75 Å². The fourth-order valence-electron chi connectivity index (χ4n) is 4.88. The minimum atomic E-state index is -0.951. The Morgan fingerprint density at radius 2 is 2.00 bits per heavy atom. The zero-order chi connectivity index (χ0) is 24.2. The number of amides is 1. The van der Waals surface area contributed by atoms with Crippen molar-refractivity contribution in [1.29, 1.82) is 0 Å². The molecule has 1 amide bonds. The van der Waals surface area contributed by atoms with Crippen LogP contribution in [0.15, 0.2) is 43.0 Å². The highest BCUT2D eigenvalue weighted by molar-refractivity contribution is 5.83. The van der Waals surface area contributed by atoms with Gasteiger partial charge < -0.3 is 25.2 Å². The van der Waals surface area contributed by atoms with E-state index in [1.165, 1.54) is 19.2 Å². The maximum Gasteiger partial charge on any atom is 0.220 e. The molecule has 2 aliphatic rings. The predicted octanol–water partition coefficient (Wildman–Crippen LogP) is 2.80. The van der Waals surface area contributed by atoms with E-state index in [1.54, 1.807) is 10.9 Å². The van der Waals surface area contributed by atoms with Gasteiger partial charge in [0.05, 0.1) is 25.1 Å². The van der Waals surface area contributed by atoms with Crippen LogP contribution < -0.4 is 15.4 Å². The second kappa shape index (κ2) is 10.6. The van der Waals surface area contributed by atoms with E-state index < -0.39 is 18.4 Å². The molecule has 1 saturated carbocycles. The van der Waals surface area contributed by atoms with Gasteiger partial charge in [-0.15, -0.1) is 0 Å². The van der Waals surface area contributed by atoms with Crippen molar-refractivity contribution in [3.63, 3.8) is 0 Å². The molecule has 3 heterocycles. The summed E-state index contributed by atoms with van der Waals surface area (Å²) < 4.78 is 13.4. The predicted molar refractivity (Wildman–Crippen MR) is 130 cm³/mol. The summed E-state index contributed by atoms with van der Waals surface area (Å²) in [5.74, 6) is 1.33. The number of carbonyl (C=O) groups excluding carboxylic acids is 1. The molecule has 0 bridgehead atoms. The number of para-hydroxylation sites is 1. The van der Waals surface area contributed by atoms with Crippen LogP contribution in [0.2, 0.25) is 0 Å². The molecule has 3 N–H and O–H groups in total. The van der Waals surface area contributed by atoms with Gasteiger partial charge in [-0.3, -0.25) is 9.36 Å². The van der Waals surface area contributed by atoms with Crippen LogP contribution in [0.25, 0.3) is 11.2 Å². The van der Waals surface area contributed by atoms with Crippen molar-refractivity contribution in [2.24, 2.45) is 0 Å². The Labute approximate surface area is 204 Å².